The second kappa shape index (κ2) is 10.4. The van der Waals surface area contributed by atoms with Crippen LogP contribution in [0.15, 0.2) is 119 Å². The van der Waals surface area contributed by atoms with E-state index in [-0.39, 0.29) is 28.0 Å². The van der Waals surface area contributed by atoms with Gasteiger partial charge in [-0.15, -0.1) is 5.76 Å². The summed E-state index contributed by atoms with van der Waals surface area (Å²) in [5, 5.41) is 15.7. The van der Waals surface area contributed by atoms with Gasteiger partial charge in [0.1, 0.15) is 11.4 Å². The minimum atomic E-state index is 0.0176. The molecule has 0 aromatic heterocycles. The van der Waals surface area contributed by atoms with Crippen molar-refractivity contribution in [2.75, 3.05) is 21.1 Å². The van der Waals surface area contributed by atoms with Gasteiger partial charge in [-0.1, -0.05) is 26.5 Å². The maximum absolute atomic E-state index is 13.5. The molecule has 222 valence electrons. The standard InChI is InChI=1S/C36H41N5O2/c1-10-22-18(3)26-15-28-20(5)24(12-13-33(43)41(7,8)9)35(39-28)25-14-32(42)34-21(6)29(40-36(25)34)17-31-23(11-2)19(4)27(38-31)16-30(22)37-26/h10,15-17,20,24H,1,11-14H2,2-9H3,(H-,37,38,39,40,42)/p+1/t20-,24-/m0/s1. The van der Waals surface area contributed by atoms with Gasteiger partial charge in [0, 0.05) is 40.7 Å². The Morgan fingerprint density at radius 1 is 1.07 bits per heavy atom. The minimum absolute atomic E-state index is 0.0176. The Hall–Kier alpha value is -3.94. The largest absolute Gasteiger partial charge is 0.875 e. The Balaban J connectivity index is 1.57. The highest BCUT2D eigenvalue weighted by atomic mass is 16.3. The van der Waals surface area contributed by atoms with Gasteiger partial charge in [0.15, 0.2) is 0 Å². The summed E-state index contributed by atoms with van der Waals surface area (Å²) in [6.07, 6.45) is 10.6. The third kappa shape index (κ3) is 4.66. The van der Waals surface area contributed by atoms with E-state index in [1.807, 2.05) is 40.2 Å². The fraction of sp³-hybridized carbons (Fsp3) is 0.389. The summed E-state index contributed by atoms with van der Waals surface area (Å²) in [4.78, 5) is 28.4. The molecule has 0 saturated carbocycles. The summed E-state index contributed by atoms with van der Waals surface area (Å²) >= 11 is 0. The normalized spacial score (nSPS) is 25.0. The molecule has 0 unspecified atom stereocenters. The van der Waals surface area contributed by atoms with Gasteiger partial charge in [-0.3, -0.25) is 14.8 Å². The van der Waals surface area contributed by atoms with Crippen LogP contribution in [0.2, 0.25) is 0 Å². The summed E-state index contributed by atoms with van der Waals surface area (Å²) in [5.74, 6) is 0.375. The molecule has 7 nitrogen and oxygen atoms in total. The highest BCUT2D eigenvalue weighted by Crippen LogP contribution is 2.46. The van der Waals surface area contributed by atoms with Gasteiger partial charge < -0.3 is 5.11 Å². The van der Waals surface area contributed by atoms with Crippen LogP contribution in [0.5, 0.6) is 0 Å². The Kier molecular flexibility index (Phi) is 7.02. The summed E-state index contributed by atoms with van der Waals surface area (Å²) < 4.78 is 0.283. The molecule has 0 aromatic carbocycles. The molecule has 7 heteroatoms. The second-order valence-corrected chi connectivity index (χ2v) is 13.3. The molecule has 0 saturated heterocycles. The molecule has 43 heavy (non-hydrogen) atoms. The quantitative estimate of drug-likeness (QED) is 0.483. The zero-order chi connectivity index (χ0) is 31.0. The first-order valence-electron chi connectivity index (χ1n) is 15.3. The molecular formula is C36H42N5O2+. The lowest BCUT2D eigenvalue weighted by atomic mass is 9.84. The first-order chi connectivity index (χ1) is 20.3. The Morgan fingerprint density at radius 2 is 1.81 bits per heavy atom. The predicted molar refractivity (Wildman–Crippen MR) is 171 cm³/mol. The molecule has 1 amide bonds. The van der Waals surface area contributed by atoms with E-state index in [4.69, 9.17) is 15.0 Å². The molecule has 0 spiro atoms. The maximum atomic E-state index is 13.5. The van der Waals surface area contributed by atoms with E-state index in [1.54, 1.807) is 0 Å². The van der Waals surface area contributed by atoms with Crippen LogP contribution in [-0.2, 0) is 4.79 Å². The Morgan fingerprint density at radius 3 is 2.49 bits per heavy atom. The molecule has 0 radical (unpaired) electrons. The van der Waals surface area contributed by atoms with Crippen LogP contribution in [0.25, 0.3) is 0 Å². The molecule has 6 aliphatic rings. The van der Waals surface area contributed by atoms with Gasteiger partial charge in [-0.2, -0.15) is 0 Å². The fourth-order valence-electron chi connectivity index (χ4n) is 7.07. The molecule has 2 atom stereocenters. The van der Waals surface area contributed by atoms with Gasteiger partial charge in [-0.25, -0.2) is 14.8 Å². The minimum Gasteiger partial charge on any atom is -0.875 e. The lowest BCUT2D eigenvalue weighted by molar-refractivity contribution is -0.792. The van der Waals surface area contributed by atoms with Gasteiger partial charge in [0.25, 0.3) is 0 Å². The van der Waals surface area contributed by atoms with Crippen molar-refractivity contribution in [3.05, 3.63) is 104 Å². The fourth-order valence-corrected chi connectivity index (χ4v) is 7.07. The van der Waals surface area contributed by atoms with Crippen molar-refractivity contribution in [2.45, 2.75) is 60.3 Å². The number of rotatable bonds is 5. The zero-order valence-electron chi connectivity index (χ0n) is 26.7. The van der Waals surface area contributed by atoms with E-state index in [9.17, 15) is 9.90 Å². The van der Waals surface area contributed by atoms with Crippen LogP contribution in [0.4, 0.5) is 0 Å². The van der Waals surface area contributed by atoms with E-state index in [0.717, 1.165) is 79.9 Å². The predicted octanol–water partition coefficient (Wildman–Crippen LogP) is 4.63. The van der Waals surface area contributed by atoms with Crippen LogP contribution >= 0.6 is 0 Å². The highest BCUT2D eigenvalue weighted by Gasteiger charge is 2.40. The smallest absolute Gasteiger partial charge is 0.313 e. The number of nitrogens with two attached hydrogens (primary N) is 1. The highest BCUT2D eigenvalue weighted by molar-refractivity contribution is 6.21. The lowest BCUT2D eigenvalue weighted by Gasteiger charge is -2.23. The van der Waals surface area contributed by atoms with Crippen molar-refractivity contribution < 1.29 is 19.7 Å². The summed E-state index contributed by atoms with van der Waals surface area (Å²) in [6.45, 7) is 14.7. The number of aliphatic imine (C=N–C) groups is 3. The van der Waals surface area contributed by atoms with Crippen LogP contribution in [-0.4, -0.2) is 48.7 Å². The Labute approximate surface area is 254 Å². The molecule has 5 heterocycles. The number of nitrogens with zero attached hydrogens (tertiary/aromatic N) is 4. The number of hydrogen-bond donors (Lipinski definition) is 1. The van der Waals surface area contributed by atoms with E-state index >= 15 is 0 Å². The molecule has 2 N–H and O–H groups in total. The molecule has 6 rings (SSSR count). The second-order valence-electron chi connectivity index (χ2n) is 13.3. The third-order valence-corrected chi connectivity index (χ3v) is 9.80. The third-order valence-electron chi connectivity index (χ3n) is 9.80. The van der Waals surface area contributed by atoms with E-state index in [2.05, 4.69) is 51.7 Å². The van der Waals surface area contributed by atoms with E-state index in [0.29, 0.717) is 24.8 Å². The maximum Gasteiger partial charge on any atom is 0.313 e. The summed E-state index contributed by atoms with van der Waals surface area (Å²) in [7, 11) is 5.75. The van der Waals surface area contributed by atoms with Gasteiger partial charge >= 0.3 is 5.91 Å². The number of allylic oxidation sites excluding steroid dienone is 11. The van der Waals surface area contributed by atoms with Gasteiger partial charge in [0.05, 0.1) is 61.8 Å². The first-order valence-corrected chi connectivity index (χ1v) is 15.3. The zero-order valence-corrected chi connectivity index (χ0v) is 26.7. The van der Waals surface area contributed by atoms with Crippen LogP contribution in [0.3, 0.4) is 0 Å². The number of carbonyl (C=O) groups excluding carboxylic acids is 1. The van der Waals surface area contributed by atoms with Crippen LogP contribution < -0.4 is 10.4 Å². The SMILES string of the molecule is C=CC1=C(C)C2=CC3=NC(=C4CC([O-])=C5C4=NC(=C5C)C=C4N=C(C=C1[NH2+]2)C(C)=C4CC)[C@@H](CCC(=O)[N+](C)(C)C)[C@@H]3C. The average Bonchev–Trinajstić information content (AvgIpc) is 3.69. The summed E-state index contributed by atoms with van der Waals surface area (Å²) in [6, 6.07) is 0. The van der Waals surface area contributed by atoms with Crippen molar-refractivity contribution in [2.24, 2.45) is 26.8 Å². The molecular weight excluding hydrogens is 534 g/mol. The van der Waals surface area contributed by atoms with Crippen molar-refractivity contribution in [1.29, 1.82) is 0 Å². The number of amides is 1. The first kappa shape index (κ1) is 29.1. The topological polar surface area (TPSA) is 93.8 Å². The number of fused-ring (bicyclic) bond motifs is 5. The van der Waals surface area contributed by atoms with Gasteiger partial charge in [0.2, 0.25) is 0 Å². The van der Waals surface area contributed by atoms with Crippen molar-refractivity contribution >= 4 is 23.0 Å². The summed E-state index contributed by atoms with van der Waals surface area (Å²) in [5.41, 5.74) is 14.6. The van der Waals surface area contributed by atoms with E-state index in [1.165, 1.54) is 5.57 Å². The number of hydrogen-bond acceptors (Lipinski definition) is 5. The van der Waals surface area contributed by atoms with Crippen molar-refractivity contribution in [1.82, 2.24) is 0 Å². The lowest BCUT2D eigenvalue weighted by Crippen LogP contribution is -2.78. The van der Waals surface area contributed by atoms with Gasteiger partial charge in [-0.05, 0) is 68.4 Å². The van der Waals surface area contributed by atoms with Crippen molar-refractivity contribution in [3.63, 3.8) is 0 Å². The molecule has 8 bridgehead atoms. The number of quaternary nitrogens is 2. The van der Waals surface area contributed by atoms with Crippen LogP contribution in [0, 0.1) is 11.8 Å². The number of carbonyl (C=O) groups is 1. The van der Waals surface area contributed by atoms with E-state index < -0.39 is 0 Å². The molecule has 0 fully saturated rings. The molecule has 5 aliphatic heterocycles. The Bertz CT molecular complexity index is 1750. The van der Waals surface area contributed by atoms with Crippen molar-refractivity contribution in [3.8, 4) is 0 Å². The van der Waals surface area contributed by atoms with Crippen LogP contribution in [0.1, 0.15) is 60.3 Å². The monoisotopic (exact) mass is 576 g/mol. The molecule has 1 aliphatic carbocycles. The molecule has 0 aromatic rings. The average molecular weight is 577 g/mol.